The highest BCUT2D eigenvalue weighted by molar-refractivity contribution is 6.02. The van der Waals surface area contributed by atoms with Gasteiger partial charge in [0, 0.05) is 17.4 Å². The van der Waals surface area contributed by atoms with Crippen LogP contribution in [-0.2, 0) is 14.3 Å². The average Bonchev–Trinajstić information content (AvgIpc) is 2.00. The van der Waals surface area contributed by atoms with Crippen molar-refractivity contribution in [2.45, 2.75) is 25.9 Å². The number of rotatable bonds is 1. The fourth-order valence-electron chi connectivity index (χ4n) is 1.18. The van der Waals surface area contributed by atoms with Crippen molar-refractivity contribution in [3.8, 4) is 0 Å². The van der Waals surface area contributed by atoms with E-state index in [0.29, 0.717) is 0 Å². The monoisotopic (exact) mass is 195 g/mol. The van der Waals surface area contributed by atoms with Gasteiger partial charge in [0.2, 0.25) is 0 Å². The molecule has 0 aromatic heterocycles. The predicted octanol–water partition coefficient (Wildman–Crippen LogP) is 1.48. The van der Waals surface area contributed by atoms with Gasteiger partial charge in [0.15, 0.2) is 11.5 Å². The Kier molecular flexibility index (Phi) is 2.58. The molecule has 0 radical (unpaired) electrons. The van der Waals surface area contributed by atoms with Crippen molar-refractivity contribution in [3.63, 3.8) is 0 Å². The third kappa shape index (κ3) is 2.34. The Balaban J connectivity index is 2.95. The Morgan fingerprint density at radius 2 is 2.36 bits per heavy atom. The number of amides is 1. The van der Waals surface area contributed by atoms with E-state index in [1.54, 1.807) is 13.8 Å². The molecule has 6 heteroatoms. The van der Waals surface area contributed by atoms with Crippen LogP contribution in [0.25, 0.3) is 10.4 Å². The third-order valence-electron chi connectivity index (χ3n) is 1.62. The Bertz CT molecular complexity index is 364. The van der Waals surface area contributed by atoms with Gasteiger partial charge in [0.25, 0.3) is 5.91 Å². The fraction of sp³-hybridized carbons (Fsp3) is 0.500. The summed E-state index contributed by atoms with van der Waals surface area (Å²) in [6, 6.07) is 0. The molecule has 1 amide bonds. The fourth-order valence-corrected chi connectivity index (χ4v) is 1.18. The summed E-state index contributed by atoms with van der Waals surface area (Å²) in [5.41, 5.74) is 7.31. The van der Waals surface area contributed by atoms with Crippen molar-refractivity contribution < 1.29 is 14.3 Å². The minimum atomic E-state index is -0.867. The number of ketones is 1. The average molecular weight is 195 g/mol. The van der Waals surface area contributed by atoms with Crippen molar-refractivity contribution in [2.24, 2.45) is 5.11 Å². The maximum atomic E-state index is 11.2. The first kappa shape index (κ1) is 10.3. The van der Waals surface area contributed by atoms with E-state index < -0.39 is 11.5 Å². The molecular weight excluding hydrogens is 186 g/mol. The van der Waals surface area contributed by atoms with Gasteiger partial charge in [-0.2, -0.15) is 0 Å². The second-order valence-corrected chi connectivity index (χ2v) is 3.51. The highest BCUT2D eigenvalue weighted by Crippen LogP contribution is 2.25. The van der Waals surface area contributed by atoms with E-state index in [2.05, 4.69) is 10.0 Å². The summed E-state index contributed by atoms with van der Waals surface area (Å²) in [5.74, 6) is -1.27. The Hall–Kier alpha value is -1.81. The van der Waals surface area contributed by atoms with E-state index in [-0.39, 0.29) is 18.0 Å². The SMILES string of the molecule is CC1(C)CC(=O)C=C(C(=O)N=[N+]=[N-])O1. The lowest BCUT2D eigenvalue weighted by atomic mass is 9.98. The van der Waals surface area contributed by atoms with Crippen LogP contribution in [-0.4, -0.2) is 17.3 Å². The molecule has 0 atom stereocenters. The van der Waals surface area contributed by atoms with Gasteiger partial charge in [-0.25, -0.2) is 0 Å². The van der Waals surface area contributed by atoms with E-state index in [4.69, 9.17) is 10.3 Å². The third-order valence-corrected chi connectivity index (χ3v) is 1.62. The zero-order valence-corrected chi connectivity index (χ0v) is 7.85. The molecule has 1 aliphatic heterocycles. The molecule has 1 rings (SSSR count). The van der Waals surface area contributed by atoms with Crippen LogP contribution >= 0.6 is 0 Å². The molecule has 0 aromatic carbocycles. The molecule has 0 saturated carbocycles. The summed E-state index contributed by atoms with van der Waals surface area (Å²) < 4.78 is 5.18. The molecule has 0 spiro atoms. The molecule has 6 nitrogen and oxygen atoms in total. The first-order chi connectivity index (χ1) is 6.44. The Labute approximate surface area is 80.2 Å². The van der Waals surface area contributed by atoms with Crippen LogP contribution in [0.5, 0.6) is 0 Å². The maximum absolute atomic E-state index is 11.2. The Morgan fingerprint density at radius 1 is 1.71 bits per heavy atom. The van der Waals surface area contributed by atoms with Crippen LogP contribution in [0.1, 0.15) is 20.3 Å². The van der Waals surface area contributed by atoms with Gasteiger partial charge in [-0.05, 0) is 24.5 Å². The molecule has 74 valence electrons. The number of allylic oxidation sites excluding steroid dienone is 1. The van der Waals surface area contributed by atoms with Crippen molar-refractivity contribution in [1.29, 1.82) is 0 Å². The zero-order valence-electron chi connectivity index (χ0n) is 7.85. The van der Waals surface area contributed by atoms with Gasteiger partial charge < -0.3 is 4.74 Å². The summed E-state index contributed by atoms with van der Waals surface area (Å²) in [6.45, 7) is 3.36. The van der Waals surface area contributed by atoms with E-state index in [1.807, 2.05) is 0 Å². The first-order valence-corrected chi connectivity index (χ1v) is 3.97. The summed E-state index contributed by atoms with van der Waals surface area (Å²) in [6.07, 6.45) is 1.27. The van der Waals surface area contributed by atoms with Crippen molar-refractivity contribution >= 4 is 11.7 Å². The van der Waals surface area contributed by atoms with Crippen LogP contribution < -0.4 is 0 Å². The highest BCUT2D eigenvalue weighted by atomic mass is 16.5. The van der Waals surface area contributed by atoms with E-state index in [0.717, 1.165) is 6.08 Å². The lowest BCUT2D eigenvalue weighted by Crippen LogP contribution is -2.32. The van der Waals surface area contributed by atoms with Gasteiger partial charge in [-0.15, -0.1) is 0 Å². The van der Waals surface area contributed by atoms with Crippen LogP contribution in [0.2, 0.25) is 0 Å². The molecule has 0 saturated heterocycles. The number of hydrogen-bond donors (Lipinski definition) is 0. The van der Waals surface area contributed by atoms with Gasteiger partial charge in [0.1, 0.15) is 5.60 Å². The first-order valence-electron chi connectivity index (χ1n) is 3.97. The lowest BCUT2D eigenvalue weighted by Gasteiger charge is -2.29. The van der Waals surface area contributed by atoms with Gasteiger partial charge >= 0.3 is 0 Å². The summed E-state index contributed by atoms with van der Waals surface area (Å²) in [5, 5.41) is 2.84. The summed E-state index contributed by atoms with van der Waals surface area (Å²) >= 11 is 0. The molecule has 1 heterocycles. The minimum absolute atomic E-state index is 0.191. The zero-order chi connectivity index (χ0) is 10.8. The minimum Gasteiger partial charge on any atom is -0.483 e. The van der Waals surface area contributed by atoms with Crippen LogP contribution in [0, 0.1) is 0 Å². The van der Waals surface area contributed by atoms with Crippen LogP contribution in [0.15, 0.2) is 16.9 Å². The topological polar surface area (TPSA) is 92.1 Å². The van der Waals surface area contributed by atoms with Crippen LogP contribution in [0.3, 0.4) is 0 Å². The van der Waals surface area contributed by atoms with E-state index in [9.17, 15) is 9.59 Å². The molecule has 0 aliphatic carbocycles. The molecule has 0 fully saturated rings. The maximum Gasteiger partial charge on any atom is 0.283 e. The molecule has 0 N–H and O–H groups in total. The van der Waals surface area contributed by atoms with Gasteiger partial charge in [-0.1, -0.05) is 0 Å². The number of carbonyl (C=O) groups excluding carboxylic acids is 2. The smallest absolute Gasteiger partial charge is 0.283 e. The van der Waals surface area contributed by atoms with Crippen molar-refractivity contribution in [1.82, 2.24) is 0 Å². The van der Waals surface area contributed by atoms with Gasteiger partial charge in [-0.3, -0.25) is 9.59 Å². The number of nitrogens with zero attached hydrogens (tertiary/aromatic N) is 3. The quantitative estimate of drug-likeness (QED) is 0.360. The standard InChI is InChI=1S/C8H9N3O3/c1-8(2)4-5(12)3-6(14-8)7(13)10-11-9/h3H,4H2,1-2H3. The molecule has 14 heavy (non-hydrogen) atoms. The predicted molar refractivity (Wildman–Crippen MR) is 47.0 cm³/mol. The number of hydrogen-bond acceptors (Lipinski definition) is 3. The summed E-state index contributed by atoms with van der Waals surface area (Å²) in [4.78, 5) is 24.5. The molecule has 1 aliphatic rings. The van der Waals surface area contributed by atoms with Crippen LogP contribution in [0.4, 0.5) is 0 Å². The lowest BCUT2D eigenvalue weighted by molar-refractivity contribution is -0.129. The van der Waals surface area contributed by atoms with Gasteiger partial charge in [0.05, 0.1) is 0 Å². The number of azide groups is 1. The second-order valence-electron chi connectivity index (χ2n) is 3.51. The summed E-state index contributed by atoms with van der Waals surface area (Å²) in [7, 11) is 0. The number of carbonyl (C=O) groups is 2. The number of ether oxygens (including phenoxy) is 1. The second kappa shape index (κ2) is 3.51. The molecule has 0 aromatic rings. The van der Waals surface area contributed by atoms with Crippen molar-refractivity contribution in [2.75, 3.05) is 0 Å². The molecule has 0 unspecified atom stereocenters. The highest BCUT2D eigenvalue weighted by Gasteiger charge is 2.31. The Morgan fingerprint density at radius 3 is 2.86 bits per heavy atom. The van der Waals surface area contributed by atoms with Crippen molar-refractivity contribution in [3.05, 3.63) is 22.3 Å². The largest absolute Gasteiger partial charge is 0.483 e. The van der Waals surface area contributed by atoms with E-state index >= 15 is 0 Å². The normalized spacial score (nSPS) is 19.0. The molecule has 0 bridgehead atoms. The van der Waals surface area contributed by atoms with E-state index in [1.165, 1.54) is 0 Å². The molecular formula is C8H9N3O3.